The Kier molecular flexibility index (Phi) is 3.74. The maximum absolute atomic E-state index is 12.6. The number of nitriles is 1. The zero-order chi connectivity index (χ0) is 15.0. The fourth-order valence-electron chi connectivity index (χ4n) is 3.41. The summed E-state index contributed by atoms with van der Waals surface area (Å²) in [4.78, 5) is 0.263. The molecule has 0 spiro atoms. The van der Waals surface area contributed by atoms with Crippen LogP contribution in [0.1, 0.15) is 18.4 Å². The summed E-state index contributed by atoms with van der Waals surface area (Å²) in [5.41, 5.74) is 0.810. The van der Waals surface area contributed by atoms with E-state index < -0.39 is 10.0 Å². The van der Waals surface area contributed by atoms with Crippen LogP contribution in [0.15, 0.2) is 29.2 Å². The first-order valence-corrected chi connectivity index (χ1v) is 8.60. The predicted molar refractivity (Wildman–Crippen MR) is 76.7 cm³/mol. The summed E-state index contributed by atoms with van der Waals surface area (Å²) in [5, 5.41) is 18.5. The van der Waals surface area contributed by atoms with Crippen molar-refractivity contribution in [3.8, 4) is 6.07 Å². The third-order valence-corrected chi connectivity index (χ3v) is 6.48. The Bertz CT molecular complexity index is 663. The Morgan fingerprint density at radius 1 is 1.24 bits per heavy atom. The van der Waals surface area contributed by atoms with Gasteiger partial charge in [-0.15, -0.1) is 0 Å². The standard InChI is InChI=1S/C15H18N2O3S/c16-8-7-11-1-4-13(5-2-11)21(19,20)17-9-12-3-6-15(18)14(12)10-17/h1-2,4-5,12,14-15,18H,3,6-7,9-10H2. The lowest BCUT2D eigenvalue weighted by Gasteiger charge is -2.18. The highest BCUT2D eigenvalue weighted by Gasteiger charge is 2.45. The van der Waals surface area contributed by atoms with Crippen molar-refractivity contribution in [2.45, 2.75) is 30.3 Å². The molecule has 5 nitrogen and oxygen atoms in total. The second-order valence-electron chi connectivity index (χ2n) is 5.87. The Hall–Kier alpha value is -1.42. The summed E-state index contributed by atoms with van der Waals surface area (Å²) in [6.45, 7) is 0.915. The first-order chi connectivity index (χ1) is 10.0. The summed E-state index contributed by atoms with van der Waals surface area (Å²) in [6.07, 6.45) is 1.60. The fraction of sp³-hybridized carbons (Fsp3) is 0.533. The van der Waals surface area contributed by atoms with E-state index in [4.69, 9.17) is 5.26 Å². The van der Waals surface area contributed by atoms with Gasteiger partial charge in [0, 0.05) is 19.0 Å². The number of aliphatic hydroxyl groups excluding tert-OH is 1. The van der Waals surface area contributed by atoms with E-state index in [2.05, 4.69) is 0 Å². The van der Waals surface area contributed by atoms with Crippen LogP contribution in [0.25, 0.3) is 0 Å². The maximum atomic E-state index is 12.6. The van der Waals surface area contributed by atoms with Crippen LogP contribution in [0.3, 0.4) is 0 Å². The van der Waals surface area contributed by atoms with Gasteiger partial charge in [0.05, 0.1) is 23.5 Å². The quantitative estimate of drug-likeness (QED) is 0.908. The smallest absolute Gasteiger partial charge is 0.243 e. The van der Waals surface area contributed by atoms with Gasteiger partial charge in [0.2, 0.25) is 10.0 Å². The molecule has 3 rings (SSSR count). The lowest BCUT2D eigenvalue weighted by molar-refractivity contribution is 0.129. The average Bonchev–Trinajstić information content (AvgIpc) is 3.03. The van der Waals surface area contributed by atoms with Crippen molar-refractivity contribution in [1.82, 2.24) is 4.31 Å². The Morgan fingerprint density at radius 3 is 2.57 bits per heavy atom. The molecular weight excluding hydrogens is 288 g/mol. The largest absolute Gasteiger partial charge is 0.393 e. The van der Waals surface area contributed by atoms with Crippen molar-refractivity contribution in [3.05, 3.63) is 29.8 Å². The summed E-state index contributed by atoms with van der Waals surface area (Å²) in [7, 11) is -3.50. The number of hydrogen-bond acceptors (Lipinski definition) is 4. The maximum Gasteiger partial charge on any atom is 0.243 e. The highest BCUT2D eigenvalue weighted by molar-refractivity contribution is 7.89. The summed E-state index contributed by atoms with van der Waals surface area (Å²) < 4.78 is 26.7. The second kappa shape index (κ2) is 5.41. The lowest BCUT2D eigenvalue weighted by atomic mass is 10.00. The molecule has 1 aliphatic carbocycles. The van der Waals surface area contributed by atoms with Crippen LogP contribution in [0.5, 0.6) is 0 Å². The topological polar surface area (TPSA) is 81.4 Å². The van der Waals surface area contributed by atoms with Crippen molar-refractivity contribution < 1.29 is 13.5 Å². The van der Waals surface area contributed by atoms with Crippen LogP contribution in [0, 0.1) is 23.2 Å². The first-order valence-electron chi connectivity index (χ1n) is 7.16. The van der Waals surface area contributed by atoms with Crippen LogP contribution < -0.4 is 0 Å². The summed E-state index contributed by atoms with van der Waals surface area (Å²) in [5.74, 6) is 0.366. The fourth-order valence-corrected chi connectivity index (χ4v) is 4.95. The van der Waals surface area contributed by atoms with Gasteiger partial charge >= 0.3 is 0 Å². The number of hydrogen-bond donors (Lipinski definition) is 1. The Morgan fingerprint density at radius 2 is 1.95 bits per heavy atom. The molecule has 1 heterocycles. The van der Waals surface area contributed by atoms with Crippen LogP contribution in [-0.2, 0) is 16.4 Å². The third-order valence-electron chi connectivity index (χ3n) is 4.63. The monoisotopic (exact) mass is 306 g/mol. The number of benzene rings is 1. The number of rotatable bonds is 3. The number of fused-ring (bicyclic) bond motifs is 1. The van der Waals surface area contributed by atoms with Crippen molar-refractivity contribution in [3.63, 3.8) is 0 Å². The molecular formula is C15H18N2O3S. The molecule has 1 saturated carbocycles. The second-order valence-corrected chi connectivity index (χ2v) is 7.81. The molecule has 2 aliphatic rings. The van der Waals surface area contributed by atoms with Crippen LogP contribution in [-0.4, -0.2) is 37.0 Å². The van der Waals surface area contributed by atoms with E-state index in [1.165, 1.54) is 4.31 Å². The number of sulfonamides is 1. The highest BCUT2D eigenvalue weighted by Crippen LogP contribution is 2.40. The molecule has 1 aromatic carbocycles. The molecule has 0 bridgehead atoms. The molecule has 1 N–H and O–H groups in total. The SMILES string of the molecule is N#CCc1ccc(S(=O)(=O)N2CC3CCC(O)C3C2)cc1. The van der Waals surface area contributed by atoms with E-state index >= 15 is 0 Å². The van der Waals surface area contributed by atoms with Gasteiger partial charge < -0.3 is 5.11 Å². The predicted octanol–water partition coefficient (Wildman–Crippen LogP) is 1.14. The minimum Gasteiger partial charge on any atom is -0.393 e. The number of nitrogens with zero attached hydrogens (tertiary/aromatic N) is 2. The van der Waals surface area contributed by atoms with Gasteiger partial charge in [-0.3, -0.25) is 0 Å². The molecule has 0 radical (unpaired) electrons. The third kappa shape index (κ3) is 2.57. The number of aliphatic hydroxyl groups is 1. The average molecular weight is 306 g/mol. The van der Waals surface area contributed by atoms with Crippen LogP contribution >= 0.6 is 0 Å². The van der Waals surface area contributed by atoms with Gasteiger partial charge in [-0.1, -0.05) is 12.1 Å². The zero-order valence-electron chi connectivity index (χ0n) is 11.6. The normalized spacial score (nSPS) is 29.2. The van der Waals surface area contributed by atoms with E-state index in [1.54, 1.807) is 24.3 Å². The van der Waals surface area contributed by atoms with E-state index in [1.807, 2.05) is 6.07 Å². The van der Waals surface area contributed by atoms with Crippen molar-refractivity contribution in [2.75, 3.05) is 13.1 Å². The van der Waals surface area contributed by atoms with E-state index in [9.17, 15) is 13.5 Å². The van der Waals surface area contributed by atoms with E-state index in [0.29, 0.717) is 13.1 Å². The van der Waals surface area contributed by atoms with Gasteiger partial charge in [-0.2, -0.15) is 9.57 Å². The zero-order valence-corrected chi connectivity index (χ0v) is 12.5. The first kappa shape index (κ1) is 14.5. The molecule has 3 unspecified atom stereocenters. The van der Waals surface area contributed by atoms with Crippen LogP contribution in [0.4, 0.5) is 0 Å². The molecule has 1 saturated heterocycles. The minimum absolute atomic E-state index is 0.0811. The molecule has 0 amide bonds. The summed E-state index contributed by atoms with van der Waals surface area (Å²) in [6, 6.07) is 8.53. The van der Waals surface area contributed by atoms with E-state index in [-0.39, 0.29) is 29.3 Å². The van der Waals surface area contributed by atoms with Gasteiger partial charge in [-0.25, -0.2) is 8.42 Å². The Labute approximate surface area is 124 Å². The van der Waals surface area contributed by atoms with Crippen molar-refractivity contribution in [1.29, 1.82) is 5.26 Å². The molecule has 0 aromatic heterocycles. The van der Waals surface area contributed by atoms with Gasteiger partial charge in [0.1, 0.15) is 0 Å². The van der Waals surface area contributed by atoms with E-state index in [0.717, 1.165) is 18.4 Å². The molecule has 6 heteroatoms. The molecule has 1 aliphatic heterocycles. The molecule has 3 atom stereocenters. The molecule has 1 aromatic rings. The highest BCUT2D eigenvalue weighted by atomic mass is 32.2. The summed E-state index contributed by atoms with van der Waals surface area (Å²) >= 11 is 0. The Balaban J connectivity index is 1.80. The van der Waals surface area contributed by atoms with Gasteiger partial charge in [-0.05, 0) is 36.5 Å². The molecule has 2 fully saturated rings. The minimum atomic E-state index is -3.50. The van der Waals surface area contributed by atoms with Gasteiger partial charge in [0.15, 0.2) is 0 Å². The lowest BCUT2D eigenvalue weighted by Crippen LogP contribution is -2.31. The van der Waals surface area contributed by atoms with Crippen LogP contribution in [0.2, 0.25) is 0 Å². The van der Waals surface area contributed by atoms with Gasteiger partial charge in [0.25, 0.3) is 0 Å². The van der Waals surface area contributed by atoms with Crippen molar-refractivity contribution >= 4 is 10.0 Å². The molecule has 21 heavy (non-hydrogen) atoms. The van der Waals surface area contributed by atoms with Crippen molar-refractivity contribution in [2.24, 2.45) is 11.8 Å². The molecule has 112 valence electrons.